The van der Waals surface area contributed by atoms with Crippen molar-refractivity contribution in [2.24, 2.45) is 5.14 Å². The standard InChI is InChI=1S/C11H12F2N4O2S/c12-11(13)3-4-17(6-11)10-15-8-2-1-7(20(14,18)19)5-9(8)16-10/h1-2,5H,3-4,6H2,(H,15,16)(H2,14,18,19). The van der Waals surface area contributed by atoms with Crippen LogP contribution in [0.2, 0.25) is 0 Å². The van der Waals surface area contributed by atoms with Gasteiger partial charge in [-0.25, -0.2) is 27.3 Å². The van der Waals surface area contributed by atoms with E-state index in [1.807, 2.05) is 0 Å². The van der Waals surface area contributed by atoms with Crippen LogP contribution in [0.25, 0.3) is 11.0 Å². The highest BCUT2D eigenvalue weighted by Gasteiger charge is 2.39. The molecule has 1 saturated heterocycles. The van der Waals surface area contributed by atoms with Crippen LogP contribution in [0.3, 0.4) is 0 Å². The van der Waals surface area contributed by atoms with E-state index in [4.69, 9.17) is 5.14 Å². The summed E-state index contributed by atoms with van der Waals surface area (Å²) in [5, 5.41) is 5.04. The summed E-state index contributed by atoms with van der Waals surface area (Å²) in [6, 6.07) is 4.17. The Morgan fingerprint density at radius 3 is 2.75 bits per heavy atom. The molecule has 6 nitrogen and oxygen atoms in total. The van der Waals surface area contributed by atoms with E-state index in [0.717, 1.165) is 0 Å². The van der Waals surface area contributed by atoms with Crippen LogP contribution in [0.15, 0.2) is 23.1 Å². The van der Waals surface area contributed by atoms with Gasteiger partial charge in [0, 0.05) is 13.0 Å². The number of H-pyrrole nitrogens is 1. The Kier molecular flexibility index (Phi) is 2.73. The number of aromatic nitrogens is 2. The summed E-state index contributed by atoms with van der Waals surface area (Å²) in [6.07, 6.45) is -0.216. The molecule has 0 aliphatic carbocycles. The van der Waals surface area contributed by atoms with E-state index >= 15 is 0 Å². The van der Waals surface area contributed by atoms with Gasteiger partial charge in [-0.2, -0.15) is 0 Å². The van der Waals surface area contributed by atoms with Crippen LogP contribution >= 0.6 is 0 Å². The van der Waals surface area contributed by atoms with Gasteiger partial charge in [0.2, 0.25) is 16.0 Å². The molecule has 0 unspecified atom stereocenters. The molecule has 3 rings (SSSR count). The van der Waals surface area contributed by atoms with E-state index in [0.29, 0.717) is 17.0 Å². The fourth-order valence-corrected chi connectivity index (χ4v) is 2.76. The Bertz CT molecular complexity index is 772. The summed E-state index contributed by atoms with van der Waals surface area (Å²) >= 11 is 0. The molecule has 0 radical (unpaired) electrons. The molecule has 0 bridgehead atoms. The third-order valence-corrected chi connectivity index (χ3v) is 4.15. The van der Waals surface area contributed by atoms with Crippen LogP contribution in [-0.4, -0.2) is 37.4 Å². The molecule has 2 aromatic rings. The number of sulfonamides is 1. The molecule has 1 aromatic carbocycles. The number of rotatable bonds is 2. The van der Waals surface area contributed by atoms with Crippen molar-refractivity contribution in [3.8, 4) is 0 Å². The number of benzene rings is 1. The quantitative estimate of drug-likeness (QED) is 0.867. The highest BCUT2D eigenvalue weighted by atomic mass is 32.2. The van der Waals surface area contributed by atoms with Gasteiger partial charge in [-0.1, -0.05) is 0 Å². The summed E-state index contributed by atoms with van der Waals surface area (Å²) in [5.41, 5.74) is 0.948. The van der Waals surface area contributed by atoms with Gasteiger partial charge < -0.3 is 9.88 Å². The largest absolute Gasteiger partial charge is 0.336 e. The number of nitrogens with zero attached hydrogens (tertiary/aromatic N) is 2. The van der Waals surface area contributed by atoms with E-state index in [9.17, 15) is 17.2 Å². The van der Waals surface area contributed by atoms with Gasteiger partial charge in [0.25, 0.3) is 5.92 Å². The number of alkyl halides is 2. The number of nitrogens with one attached hydrogen (secondary N) is 1. The third kappa shape index (κ3) is 2.34. The molecule has 0 spiro atoms. The first-order chi connectivity index (χ1) is 9.24. The average Bonchev–Trinajstić information content (AvgIpc) is 2.89. The van der Waals surface area contributed by atoms with Crippen molar-refractivity contribution in [1.29, 1.82) is 0 Å². The SMILES string of the molecule is NS(=O)(=O)c1ccc2nc(N3CCC(F)(F)C3)[nH]c2c1. The summed E-state index contributed by atoms with van der Waals surface area (Å²) in [6.45, 7) is -0.191. The molecule has 9 heteroatoms. The maximum Gasteiger partial charge on any atom is 0.267 e. The summed E-state index contributed by atoms with van der Waals surface area (Å²) in [4.78, 5) is 8.43. The molecular formula is C11H12F2N4O2S. The predicted octanol–water partition coefficient (Wildman–Crippen LogP) is 1.06. The normalized spacial score (nSPS) is 18.9. The van der Waals surface area contributed by atoms with E-state index in [2.05, 4.69) is 9.97 Å². The predicted molar refractivity (Wildman–Crippen MR) is 69.2 cm³/mol. The number of hydrogen-bond acceptors (Lipinski definition) is 4. The second-order valence-corrected chi connectivity index (χ2v) is 6.37. The number of aromatic amines is 1. The van der Waals surface area contributed by atoms with Crippen LogP contribution in [-0.2, 0) is 10.0 Å². The molecule has 0 atom stereocenters. The van der Waals surface area contributed by atoms with E-state index in [1.54, 1.807) is 0 Å². The maximum absolute atomic E-state index is 13.2. The Hall–Kier alpha value is -1.74. The topological polar surface area (TPSA) is 92.1 Å². The fraction of sp³-hybridized carbons (Fsp3) is 0.364. The molecule has 1 fully saturated rings. The Labute approximate surface area is 113 Å². The molecule has 3 N–H and O–H groups in total. The lowest BCUT2D eigenvalue weighted by Gasteiger charge is -2.13. The molecule has 0 saturated carbocycles. The van der Waals surface area contributed by atoms with Gasteiger partial charge in [-0.3, -0.25) is 0 Å². The van der Waals surface area contributed by atoms with Crippen LogP contribution in [0.4, 0.5) is 14.7 Å². The van der Waals surface area contributed by atoms with E-state index < -0.39 is 22.5 Å². The minimum atomic E-state index is -3.80. The van der Waals surface area contributed by atoms with Crippen molar-refractivity contribution in [2.75, 3.05) is 18.0 Å². The zero-order valence-electron chi connectivity index (χ0n) is 10.3. The first kappa shape index (κ1) is 13.3. The molecule has 1 aromatic heterocycles. The summed E-state index contributed by atoms with van der Waals surface area (Å²) in [5.74, 6) is -2.41. The van der Waals surface area contributed by atoms with Crippen LogP contribution < -0.4 is 10.0 Å². The number of halogens is 2. The lowest BCUT2D eigenvalue weighted by molar-refractivity contribution is 0.0256. The minimum absolute atomic E-state index is 0.0491. The average molecular weight is 302 g/mol. The van der Waals surface area contributed by atoms with Gasteiger partial charge in [0.05, 0.1) is 22.5 Å². The molecule has 108 valence electrons. The first-order valence-electron chi connectivity index (χ1n) is 5.90. The molecular weight excluding hydrogens is 290 g/mol. The van der Waals surface area contributed by atoms with Gasteiger partial charge in [-0.05, 0) is 18.2 Å². The zero-order chi connectivity index (χ0) is 14.5. The van der Waals surface area contributed by atoms with Crippen molar-refractivity contribution < 1.29 is 17.2 Å². The van der Waals surface area contributed by atoms with Crippen molar-refractivity contribution in [1.82, 2.24) is 9.97 Å². The van der Waals surface area contributed by atoms with Crippen molar-refractivity contribution >= 4 is 27.0 Å². The van der Waals surface area contributed by atoms with Crippen molar-refractivity contribution in [3.05, 3.63) is 18.2 Å². The van der Waals surface area contributed by atoms with Crippen LogP contribution in [0.5, 0.6) is 0 Å². The number of imidazole rings is 1. The molecule has 0 amide bonds. The minimum Gasteiger partial charge on any atom is -0.336 e. The van der Waals surface area contributed by atoms with Crippen molar-refractivity contribution in [2.45, 2.75) is 17.2 Å². The van der Waals surface area contributed by atoms with Gasteiger partial charge in [0.1, 0.15) is 0 Å². The number of fused-ring (bicyclic) bond motifs is 1. The number of anilines is 1. The van der Waals surface area contributed by atoms with Crippen LogP contribution in [0, 0.1) is 0 Å². The Morgan fingerprint density at radius 2 is 2.15 bits per heavy atom. The summed E-state index contributed by atoms with van der Waals surface area (Å²) in [7, 11) is -3.80. The molecule has 20 heavy (non-hydrogen) atoms. The Balaban J connectivity index is 1.99. The zero-order valence-corrected chi connectivity index (χ0v) is 11.1. The van der Waals surface area contributed by atoms with Gasteiger partial charge in [-0.15, -0.1) is 0 Å². The van der Waals surface area contributed by atoms with Crippen LogP contribution in [0.1, 0.15) is 6.42 Å². The smallest absolute Gasteiger partial charge is 0.267 e. The molecule has 1 aliphatic heterocycles. The first-order valence-corrected chi connectivity index (χ1v) is 7.45. The highest BCUT2D eigenvalue weighted by molar-refractivity contribution is 7.89. The van der Waals surface area contributed by atoms with E-state index in [1.165, 1.54) is 23.1 Å². The second kappa shape index (κ2) is 4.13. The lowest BCUT2D eigenvalue weighted by Crippen LogP contribution is -2.25. The molecule has 2 heterocycles. The molecule has 1 aliphatic rings. The Morgan fingerprint density at radius 1 is 1.40 bits per heavy atom. The van der Waals surface area contributed by atoms with E-state index in [-0.39, 0.29) is 17.9 Å². The number of primary sulfonamides is 1. The number of hydrogen-bond donors (Lipinski definition) is 2. The second-order valence-electron chi connectivity index (χ2n) is 4.81. The fourth-order valence-electron chi connectivity index (χ4n) is 2.22. The highest BCUT2D eigenvalue weighted by Crippen LogP contribution is 2.30. The van der Waals surface area contributed by atoms with Gasteiger partial charge in [0.15, 0.2) is 0 Å². The maximum atomic E-state index is 13.2. The van der Waals surface area contributed by atoms with Crippen molar-refractivity contribution in [3.63, 3.8) is 0 Å². The third-order valence-electron chi connectivity index (χ3n) is 3.24. The number of nitrogens with two attached hydrogens (primary N) is 1. The van der Waals surface area contributed by atoms with Gasteiger partial charge >= 0.3 is 0 Å². The monoisotopic (exact) mass is 302 g/mol. The lowest BCUT2D eigenvalue weighted by atomic mass is 10.3. The summed E-state index contributed by atoms with van der Waals surface area (Å²) < 4.78 is 48.9.